The van der Waals surface area contributed by atoms with Crippen LogP contribution >= 0.6 is 15.9 Å². The van der Waals surface area contributed by atoms with Gasteiger partial charge in [-0.2, -0.15) is 0 Å². The van der Waals surface area contributed by atoms with Crippen LogP contribution in [-0.4, -0.2) is 18.4 Å². The predicted octanol–water partition coefficient (Wildman–Crippen LogP) is 4.13. The molecule has 2 aromatic carbocycles. The van der Waals surface area contributed by atoms with E-state index in [2.05, 4.69) is 15.9 Å². The van der Waals surface area contributed by atoms with Gasteiger partial charge in [0.05, 0.1) is 6.61 Å². The predicted molar refractivity (Wildman–Crippen MR) is 85.4 cm³/mol. The van der Waals surface area contributed by atoms with Crippen LogP contribution in [0.2, 0.25) is 0 Å². The van der Waals surface area contributed by atoms with E-state index in [1.54, 1.807) is 37.3 Å². The molecule has 0 heterocycles. The SMILES string of the molecule is CCOC(=O)C(=O)c1ccc(-c2ccc(F)cc2)cc1CBr. The summed E-state index contributed by atoms with van der Waals surface area (Å²) in [6, 6.07) is 11.2. The van der Waals surface area contributed by atoms with Crippen LogP contribution in [0.5, 0.6) is 0 Å². The summed E-state index contributed by atoms with van der Waals surface area (Å²) < 4.78 is 17.7. The Hall–Kier alpha value is -2.01. The summed E-state index contributed by atoms with van der Waals surface area (Å²) in [7, 11) is 0. The third-order valence-corrected chi connectivity index (χ3v) is 3.74. The van der Waals surface area contributed by atoms with Crippen molar-refractivity contribution in [3.8, 4) is 11.1 Å². The van der Waals surface area contributed by atoms with Gasteiger partial charge in [-0.1, -0.05) is 34.1 Å². The fourth-order valence-corrected chi connectivity index (χ4v) is 2.52. The van der Waals surface area contributed by atoms with Crippen LogP contribution < -0.4 is 0 Å². The molecular weight excluding hydrogens is 351 g/mol. The van der Waals surface area contributed by atoms with Crippen molar-refractivity contribution in [1.82, 2.24) is 0 Å². The van der Waals surface area contributed by atoms with E-state index in [-0.39, 0.29) is 12.4 Å². The highest BCUT2D eigenvalue weighted by molar-refractivity contribution is 9.08. The number of hydrogen-bond donors (Lipinski definition) is 0. The van der Waals surface area contributed by atoms with E-state index in [0.717, 1.165) is 11.1 Å². The average Bonchev–Trinajstić information content (AvgIpc) is 2.54. The van der Waals surface area contributed by atoms with E-state index in [0.29, 0.717) is 16.5 Å². The third kappa shape index (κ3) is 3.60. The molecule has 114 valence electrons. The van der Waals surface area contributed by atoms with Gasteiger partial charge in [0.25, 0.3) is 5.78 Å². The van der Waals surface area contributed by atoms with Crippen molar-refractivity contribution >= 4 is 27.7 Å². The first-order chi connectivity index (χ1) is 10.6. The molecule has 0 unspecified atom stereocenters. The number of Topliss-reactive ketones (excluding diaryl/α,β-unsaturated/α-hetero) is 1. The first-order valence-corrected chi connectivity index (χ1v) is 7.85. The largest absolute Gasteiger partial charge is 0.460 e. The molecule has 2 aromatic rings. The molecule has 2 rings (SSSR count). The van der Waals surface area contributed by atoms with E-state index < -0.39 is 11.8 Å². The molecule has 3 nitrogen and oxygen atoms in total. The van der Waals surface area contributed by atoms with Gasteiger partial charge in [0.2, 0.25) is 0 Å². The molecule has 0 spiro atoms. The third-order valence-electron chi connectivity index (χ3n) is 3.13. The second-order valence-corrected chi connectivity index (χ2v) is 5.12. The molecule has 0 saturated carbocycles. The second-order valence-electron chi connectivity index (χ2n) is 4.56. The summed E-state index contributed by atoms with van der Waals surface area (Å²) in [5.41, 5.74) is 2.66. The molecule has 0 aliphatic rings. The lowest BCUT2D eigenvalue weighted by Crippen LogP contribution is -2.18. The van der Waals surface area contributed by atoms with Crippen LogP contribution in [0.3, 0.4) is 0 Å². The van der Waals surface area contributed by atoms with Crippen LogP contribution in [0.4, 0.5) is 4.39 Å². The Kier molecular flexibility index (Phi) is 5.44. The van der Waals surface area contributed by atoms with E-state index >= 15 is 0 Å². The lowest BCUT2D eigenvalue weighted by atomic mass is 9.98. The lowest BCUT2D eigenvalue weighted by molar-refractivity contribution is -0.137. The molecule has 22 heavy (non-hydrogen) atoms. The summed E-state index contributed by atoms with van der Waals surface area (Å²) in [6.07, 6.45) is 0. The second kappa shape index (κ2) is 7.31. The summed E-state index contributed by atoms with van der Waals surface area (Å²) >= 11 is 3.32. The zero-order chi connectivity index (χ0) is 16.1. The molecule has 0 bridgehead atoms. The minimum atomic E-state index is -0.862. The number of esters is 1. The quantitative estimate of drug-likeness (QED) is 0.346. The number of benzene rings is 2. The van der Waals surface area contributed by atoms with E-state index in [1.807, 2.05) is 0 Å². The van der Waals surface area contributed by atoms with Crippen molar-refractivity contribution in [3.05, 3.63) is 59.4 Å². The van der Waals surface area contributed by atoms with Crippen LogP contribution in [0.15, 0.2) is 42.5 Å². The Morgan fingerprint density at radius 1 is 1.09 bits per heavy atom. The smallest absolute Gasteiger partial charge is 0.379 e. The van der Waals surface area contributed by atoms with Gasteiger partial charge < -0.3 is 4.74 Å². The van der Waals surface area contributed by atoms with Crippen LogP contribution in [0.25, 0.3) is 11.1 Å². The van der Waals surface area contributed by atoms with Crippen LogP contribution in [0.1, 0.15) is 22.8 Å². The van der Waals surface area contributed by atoms with Crippen molar-refractivity contribution in [2.45, 2.75) is 12.3 Å². The number of ether oxygens (including phenoxy) is 1. The summed E-state index contributed by atoms with van der Waals surface area (Å²) in [6.45, 7) is 1.80. The minimum absolute atomic E-state index is 0.155. The Labute approximate surface area is 136 Å². The Morgan fingerprint density at radius 3 is 2.32 bits per heavy atom. The molecule has 0 aliphatic heterocycles. The lowest BCUT2D eigenvalue weighted by Gasteiger charge is -2.09. The molecule has 0 saturated heterocycles. The normalized spacial score (nSPS) is 10.3. The van der Waals surface area contributed by atoms with Gasteiger partial charge >= 0.3 is 5.97 Å². The molecule has 0 atom stereocenters. The number of halogens is 2. The van der Waals surface area contributed by atoms with Crippen LogP contribution in [-0.2, 0) is 14.9 Å². The van der Waals surface area contributed by atoms with Gasteiger partial charge in [-0.25, -0.2) is 9.18 Å². The molecule has 0 radical (unpaired) electrons. The maximum Gasteiger partial charge on any atom is 0.379 e. The number of rotatable bonds is 5. The monoisotopic (exact) mass is 364 g/mol. The van der Waals surface area contributed by atoms with E-state index in [9.17, 15) is 14.0 Å². The van der Waals surface area contributed by atoms with E-state index in [4.69, 9.17) is 4.74 Å². The fraction of sp³-hybridized carbons (Fsp3) is 0.176. The summed E-state index contributed by atoms with van der Waals surface area (Å²) in [4.78, 5) is 23.6. The first-order valence-electron chi connectivity index (χ1n) is 6.73. The molecule has 0 fully saturated rings. The number of carbonyl (C=O) groups is 2. The van der Waals surface area contributed by atoms with Gasteiger partial charge in [-0.3, -0.25) is 4.79 Å². The maximum atomic E-state index is 13.0. The van der Waals surface area contributed by atoms with E-state index in [1.165, 1.54) is 12.1 Å². The van der Waals surface area contributed by atoms with Crippen molar-refractivity contribution in [3.63, 3.8) is 0 Å². The molecular formula is C17H14BrFO3. The van der Waals surface area contributed by atoms with Gasteiger partial charge in [-0.05, 0) is 47.9 Å². The molecule has 0 amide bonds. The highest BCUT2D eigenvalue weighted by atomic mass is 79.9. The topological polar surface area (TPSA) is 43.4 Å². The van der Waals surface area contributed by atoms with Crippen molar-refractivity contribution in [2.75, 3.05) is 6.61 Å². The number of carbonyl (C=O) groups excluding carboxylic acids is 2. The number of ketones is 1. The fourth-order valence-electron chi connectivity index (χ4n) is 2.05. The van der Waals surface area contributed by atoms with Gasteiger partial charge in [-0.15, -0.1) is 0 Å². The van der Waals surface area contributed by atoms with Crippen molar-refractivity contribution in [1.29, 1.82) is 0 Å². The van der Waals surface area contributed by atoms with Gasteiger partial charge in [0.15, 0.2) is 0 Å². The van der Waals surface area contributed by atoms with Crippen molar-refractivity contribution < 1.29 is 18.7 Å². The minimum Gasteiger partial charge on any atom is -0.460 e. The average molecular weight is 365 g/mol. The maximum absolute atomic E-state index is 13.0. The zero-order valence-electron chi connectivity index (χ0n) is 11.9. The highest BCUT2D eigenvalue weighted by Gasteiger charge is 2.20. The molecule has 0 aliphatic carbocycles. The van der Waals surface area contributed by atoms with Crippen molar-refractivity contribution in [2.24, 2.45) is 0 Å². The summed E-state index contributed by atoms with van der Waals surface area (Å²) in [5, 5.41) is 0.419. The molecule has 0 aromatic heterocycles. The Balaban J connectivity index is 2.37. The van der Waals surface area contributed by atoms with Gasteiger partial charge in [0.1, 0.15) is 5.82 Å². The molecule has 0 N–H and O–H groups in total. The number of hydrogen-bond acceptors (Lipinski definition) is 3. The summed E-state index contributed by atoms with van der Waals surface area (Å²) in [5.74, 6) is -1.83. The Morgan fingerprint density at radius 2 is 1.73 bits per heavy atom. The zero-order valence-corrected chi connectivity index (χ0v) is 13.5. The highest BCUT2D eigenvalue weighted by Crippen LogP contribution is 2.25. The Bertz CT molecular complexity index is 696. The van der Waals surface area contributed by atoms with Gasteiger partial charge in [0, 0.05) is 10.9 Å². The van der Waals surface area contributed by atoms with Crippen LogP contribution in [0, 0.1) is 5.82 Å². The standard InChI is InChI=1S/C17H14BrFO3/c1-2-22-17(21)16(20)15-8-5-12(9-13(15)10-18)11-3-6-14(19)7-4-11/h3-9H,2,10H2,1H3. The number of alkyl halides is 1. The first kappa shape index (κ1) is 16.4. The molecule has 5 heteroatoms.